The number of rotatable bonds is 8. The van der Waals surface area contributed by atoms with Crippen molar-refractivity contribution in [2.75, 3.05) is 25.6 Å². The maximum absolute atomic E-state index is 11.2. The zero-order valence-corrected chi connectivity index (χ0v) is 12.3. The van der Waals surface area contributed by atoms with Crippen molar-refractivity contribution in [3.8, 4) is 0 Å². The van der Waals surface area contributed by atoms with Crippen molar-refractivity contribution in [2.45, 2.75) is 12.8 Å². The number of carbonyl (C=O) groups is 1. The molecule has 0 fully saturated rings. The van der Waals surface area contributed by atoms with Gasteiger partial charge in [0.2, 0.25) is 0 Å². The third-order valence-electron chi connectivity index (χ3n) is 1.77. The lowest BCUT2D eigenvalue weighted by atomic mass is 10.4. The maximum Gasteiger partial charge on any atom is 0.314 e. The second-order valence-electron chi connectivity index (χ2n) is 3.50. The molecule has 0 aliphatic rings. The van der Waals surface area contributed by atoms with E-state index in [-0.39, 0.29) is 6.03 Å². The molecule has 0 aliphatic carbocycles. The molecule has 0 saturated carbocycles. The molecule has 18 heavy (non-hydrogen) atoms. The molecule has 7 heteroatoms. The van der Waals surface area contributed by atoms with Gasteiger partial charge in [-0.2, -0.15) is 0 Å². The van der Waals surface area contributed by atoms with E-state index < -0.39 is 21.6 Å². The lowest BCUT2D eigenvalue weighted by molar-refractivity contribution is 0.241. The Morgan fingerprint density at radius 1 is 0.944 bits per heavy atom. The molecule has 0 saturated heterocycles. The average molecular weight is 292 g/mol. The summed E-state index contributed by atoms with van der Waals surface area (Å²) in [5, 5.41) is 8.53. The number of urea groups is 1. The predicted molar refractivity (Wildman–Crippen MR) is 77.0 cm³/mol. The van der Waals surface area contributed by atoms with Crippen molar-refractivity contribution in [1.29, 1.82) is 0 Å². The second-order valence-corrected chi connectivity index (χ2v) is 6.04. The molecule has 0 heterocycles. The van der Waals surface area contributed by atoms with E-state index in [1.807, 2.05) is 0 Å². The van der Waals surface area contributed by atoms with Crippen LogP contribution in [0.2, 0.25) is 0 Å². The summed E-state index contributed by atoms with van der Waals surface area (Å²) in [5.41, 5.74) is 0. The van der Waals surface area contributed by atoms with Crippen LogP contribution in [-0.4, -0.2) is 40.0 Å². The molecule has 0 aliphatic heterocycles. The Morgan fingerprint density at radius 3 is 1.67 bits per heavy atom. The maximum atomic E-state index is 11.2. The van der Waals surface area contributed by atoms with Gasteiger partial charge in [0.05, 0.1) is 0 Å². The molecule has 2 amide bonds. The topological polar surface area (TPSA) is 75.3 Å². The van der Waals surface area contributed by atoms with E-state index in [9.17, 15) is 13.2 Å². The van der Waals surface area contributed by atoms with Crippen LogP contribution >= 0.6 is 0 Å². The van der Waals surface area contributed by atoms with Gasteiger partial charge in [-0.3, -0.25) is 8.42 Å². The molecule has 2 unspecified atom stereocenters. The molecule has 0 aromatic heterocycles. The standard InChI is InChI=1S/C11H20N2O3S2/c1-17(15)9-5-3-7-12-11(14)13-8-4-6-10-18(2)16/h5-6,9-10H,3-4,7-8H2,1-2H3,(H2,12,13,14)/b9-5+,10-6+. The van der Waals surface area contributed by atoms with E-state index >= 15 is 0 Å². The first-order valence-electron chi connectivity index (χ1n) is 5.52. The van der Waals surface area contributed by atoms with Crippen molar-refractivity contribution in [3.63, 3.8) is 0 Å². The highest BCUT2D eigenvalue weighted by molar-refractivity contribution is 7.87. The summed E-state index contributed by atoms with van der Waals surface area (Å²) in [6.45, 7) is 1.02. The Labute approximate surface area is 113 Å². The van der Waals surface area contributed by atoms with E-state index in [4.69, 9.17) is 0 Å². The molecule has 5 nitrogen and oxygen atoms in total. The van der Waals surface area contributed by atoms with Gasteiger partial charge in [0.1, 0.15) is 0 Å². The van der Waals surface area contributed by atoms with Crippen LogP contribution in [0, 0.1) is 0 Å². The van der Waals surface area contributed by atoms with Gasteiger partial charge in [-0.25, -0.2) is 4.79 Å². The van der Waals surface area contributed by atoms with Crippen LogP contribution in [0.4, 0.5) is 4.79 Å². The quantitative estimate of drug-likeness (QED) is 0.651. The molecule has 0 bridgehead atoms. The number of carbonyl (C=O) groups excluding carboxylic acids is 1. The van der Waals surface area contributed by atoms with E-state index in [0.717, 1.165) is 0 Å². The van der Waals surface area contributed by atoms with Gasteiger partial charge in [0.15, 0.2) is 0 Å². The zero-order valence-electron chi connectivity index (χ0n) is 10.7. The lowest BCUT2D eigenvalue weighted by Gasteiger charge is -2.04. The molecular formula is C11H20N2O3S2. The van der Waals surface area contributed by atoms with Crippen molar-refractivity contribution in [1.82, 2.24) is 10.6 Å². The summed E-state index contributed by atoms with van der Waals surface area (Å²) in [6.07, 6.45) is 8.04. The summed E-state index contributed by atoms with van der Waals surface area (Å²) in [4.78, 5) is 11.2. The highest BCUT2D eigenvalue weighted by atomic mass is 32.2. The van der Waals surface area contributed by atoms with Crippen LogP contribution in [0.1, 0.15) is 12.8 Å². The van der Waals surface area contributed by atoms with E-state index in [1.54, 1.807) is 35.5 Å². The average Bonchev–Trinajstić information content (AvgIpc) is 2.27. The number of amides is 2. The fourth-order valence-electron chi connectivity index (χ4n) is 1.01. The Balaban J connectivity index is 3.49. The summed E-state index contributed by atoms with van der Waals surface area (Å²) < 4.78 is 21.4. The normalized spacial score (nSPS) is 14.8. The summed E-state index contributed by atoms with van der Waals surface area (Å²) in [6, 6.07) is -0.230. The van der Waals surface area contributed by atoms with Gasteiger partial charge >= 0.3 is 6.03 Å². The van der Waals surface area contributed by atoms with Gasteiger partial charge in [-0.15, -0.1) is 0 Å². The molecule has 0 radical (unpaired) electrons. The second kappa shape index (κ2) is 11.2. The van der Waals surface area contributed by atoms with Crippen LogP contribution in [0.3, 0.4) is 0 Å². The van der Waals surface area contributed by atoms with Gasteiger partial charge in [-0.05, 0) is 23.7 Å². The van der Waals surface area contributed by atoms with Crippen molar-refractivity contribution < 1.29 is 13.2 Å². The number of hydrogen-bond donors (Lipinski definition) is 2. The molecule has 0 rings (SSSR count). The van der Waals surface area contributed by atoms with Gasteiger partial charge in [0.25, 0.3) is 0 Å². The van der Waals surface area contributed by atoms with Crippen molar-refractivity contribution >= 4 is 27.6 Å². The Bertz CT molecular complexity index is 322. The van der Waals surface area contributed by atoms with E-state index in [1.165, 1.54) is 0 Å². The fraction of sp³-hybridized carbons (Fsp3) is 0.545. The molecule has 0 aromatic carbocycles. The Kier molecular flexibility index (Phi) is 10.6. The first kappa shape index (κ1) is 17.1. The van der Waals surface area contributed by atoms with E-state index in [2.05, 4.69) is 10.6 Å². The van der Waals surface area contributed by atoms with Gasteiger partial charge < -0.3 is 10.6 Å². The molecule has 2 atom stereocenters. The zero-order chi connectivity index (χ0) is 13.8. The van der Waals surface area contributed by atoms with Crippen LogP contribution in [-0.2, 0) is 21.6 Å². The SMILES string of the molecule is CS(=O)/C=C/CCNC(=O)NCC/C=C/S(C)=O. The third-order valence-corrected chi connectivity index (χ3v) is 2.92. The highest BCUT2D eigenvalue weighted by Crippen LogP contribution is 1.85. The smallest absolute Gasteiger partial charge is 0.314 e. The van der Waals surface area contributed by atoms with Gasteiger partial charge in [0, 0.05) is 47.2 Å². The Hall–Kier alpha value is -0.950. The highest BCUT2D eigenvalue weighted by Gasteiger charge is 1.95. The van der Waals surface area contributed by atoms with Crippen molar-refractivity contribution in [2.24, 2.45) is 0 Å². The predicted octanol–water partition coefficient (Wildman–Crippen LogP) is 0.850. The molecule has 0 spiro atoms. The van der Waals surface area contributed by atoms with Crippen LogP contribution in [0.5, 0.6) is 0 Å². The Morgan fingerprint density at radius 2 is 1.33 bits per heavy atom. The van der Waals surface area contributed by atoms with Gasteiger partial charge in [-0.1, -0.05) is 12.2 Å². The summed E-state index contributed by atoms with van der Waals surface area (Å²) >= 11 is 0. The molecule has 2 N–H and O–H groups in total. The fourth-order valence-corrected chi connectivity index (χ4v) is 1.82. The number of hydrogen-bond acceptors (Lipinski definition) is 3. The largest absolute Gasteiger partial charge is 0.338 e. The van der Waals surface area contributed by atoms with E-state index in [0.29, 0.717) is 25.9 Å². The molecule has 104 valence electrons. The van der Waals surface area contributed by atoms with Crippen LogP contribution in [0.25, 0.3) is 0 Å². The monoisotopic (exact) mass is 292 g/mol. The summed E-state index contributed by atoms with van der Waals surface area (Å²) in [7, 11) is -1.86. The minimum Gasteiger partial charge on any atom is -0.338 e. The number of nitrogens with one attached hydrogen (secondary N) is 2. The minimum absolute atomic E-state index is 0.230. The first-order valence-corrected chi connectivity index (χ1v) is 8.76. The van der Waals surface area contributed by atoms with Crippen LogP contribution in [0.15, 0.2) is 23.0 Å². The minimum atomic E-state index is -0.932. The summed E-state index contributed by atoms with van der Waals surface area (Å²) in [5.74, 6) is 0. The van der Waals surface area contributed by atoms with Crippen molar-refractivity contribution in [3.05, 3.63) is 23.0 Å². The molecule has 0 aromatic rings. The molecular weight excluding hydrogens is 272 g/mol. The van der Waals surface area contributed by atoms with Crippen LogP contribution < -0.4 is 10.6 Å². The first-order chi connectivity index (χ1) is 8.52. The lowest BCUT2D eigenvalue weighted by Crippen LogP contribution is -2.36. The third kappa shape index (κ3) is 13.1.